The van der Waals surface area contributed by atoms with Gasteiger partial charge in [-0.2, -0.15) is 0 Å². The maximum atomic E-state index is 11.9. The van der Waals surface area contributed by atoms with E-state index in [4.69, 9.17) is 4.74 Å². The molecule has 0 aliphatic heterocycles. The summed E-state index contributed by atoms with van der Waals surface area (Å²) in [5.74, 6) is 1.38. The first kappa shape index (κ1) is 13.0. The van der Waals surface area contributed by atoms with Gasteiger partial charge < -0.3 is 10.1 Å². The Morgan fingerprint density at radius 2 is 2.00 bits per heavy atom. The molecule has 1 aliphatic carbocycles. The third kappa shape index (κ3) is 2.93. The Balaban J connectivity index is 1.63. The Morgan fingerprint density at radius 1 is 1.25 bits per heavy atom. The van der Waals surface area contributed by atoms with Gasteiger partial charge in [0.05, 0.1) is 0 Å². The minimum absolute atomic E-state index is 0.0441. The van der Waals surface area contributed by atoms with Gasteiger partial charge in [0.15, 0.2) is 6.61 Å². The molecule has 3 heteroatoms. The van der Waals surface area contributed by atoms with Crippen LogP contribution in [0.5, 0.6) is 5.75 Å². The Hall–Kier alpha value is -2.03. The quantitative estimate of drug-likeness (QED) is 0.905. The van der Waals surface area contributed by atoms with E-state index >= 15 is 0 Å². The van der Waals surface area contributed by atoms with Crippen LogP contribution in [0.1, 0.15) is 19.8 Å². The number of ether oxygens (including phenoxy) is 1. The lowest BCUT2D eigenvalue weighted by Crippen LogP contribution is -2.37. The van der Waals surface area contributed by atoms with E-state index in [1.165, 1.54) is 12.8 Å². The predicted molar refractivity (Wildman–Crippen MR) is 79.8 cm³/mol. The molecule has 2 aromatic carbocycles. The van der Waals surface area contributed by atoms with Crippen LogP contribution < -0.4 is 10.1 Å². The number of nitrogens with one attached hydrogen (secondary N) is 1. The van der Waals surface area contributed by atoms with Crippen LogP contribution in [0.2, 0.25) is 0 Å². The van der Waals surface area contributed by atoms with E-state index in [0.717, 1.165) is 16.5 Å². The Kier molecular flexibility index (Phi) is 3.59. The zero-order valence-corrected chi connectivity index (χ0v) is 11.6. The van der Waals surface area contributed by atoms with Crippen LogP contribution in [-0.4, -0.2) is 18.6 Å². The van der Waals surface area contributed by atoms with E-state index in [1.807, 2.05) is 42.5 Å². The molecule has 0 bridgehead atoms. The van der Waals surface area contributed by atoms with Gasteiger partial charge in [0.25, 0.3) is 5.91 Å². The molecule has 20 heavy (non-hydrogen) atoms. The molecule has 1 aliphatic rings. The summed E-state index contributed by atoms with van der Waals surface area (Å²) in [6.07, 6.45) is 2.46. The van der Waals surface area contributed by atoms with E-state index in [-0.39, 0.29) is 18.6 Å². The van der Waals surface area contributed by atoms with Crippen molar-refractivity contribution >= 4 is 16.7 Å². The average Bonchev–Trinajstić information content (AvgIpc) is 3.29. The lowest BCUT2D eigenvalue weighted by molar-refractivity contribution is -0.123. The number of carbonyl (C=O) groups is 1. The molecule has 2 aromatic rings. The maximum absolute atomic E-state index is 11.9. The van der Waals surface area contributed by atoms with E-state index in [9.17, 15) is 4.79 Å². The molecule has 3 nitrogen and oxygen atoms in total. The normalized spacial score (nSPS) is 15.8. The zero-order chi connectivity index (χ0) is 13.9. The molecule has 0 radical (unpaired) electrons. The summed E-state index contributed by atoms with van der Waals surface area (Å²) in [6, 6.07) is 14.2. The number of rotatable bonds is 5. The molecule has 0 aromatic heterocycles. The first-order valence-electron chi connectivity index (χ1n) is 7.14. The maximum Gasteiger partial charge on any atom is 0.258 e. The van der Waals surface area contributed by atoms with Gasteiger partial charge in [0.2, 0.25) is 0 Å². The molecule has 1 amide bonds. The van der Waals surface area contributed by atoms with Crippen molar-refractivity contribution in [3.05, 3.63) is 42.5 Å². The lowest BCUT2D eigenvalue weighted by atomic mass is 10.1. The standard InChI is InChI=1S/C17H19NO2/c1-12(13-9-10-13)18-17(19)11-20-16-8-4-6-14-5-2-3-7-15(14)16/h2-8,12-13H,9-11H2,1H3,(H,18,19)/t12-/m1/s1. The predicted octanol–water partition coefficient (Wildman–Crippen LogP) is 3.13. The number of hydrogen-bond donors (Lipinski definition) is 1. The summed E-state index contributed by atoms with van der Waals surface area (Å²) in [4.78, 5) is 11.9. The van der Waals surface area contributed by atoms with Crippen molar-refractivity contribution in [2.75, 3.05) is 6.61 Å². The minimum atomic E-state index is -0.0441. The van der Waals surface area contributed by atoms with Crippen molar-refractivity contribution < 1.29 is 9.53 Å². The fraction of sp³-hybridized carbons (Fsp3) is 0.353. The smallest absolute Gasteiger partial charge is 0.258 e. The van der Waals surface area contributed by atoms with E-state index in [0.29, 0.717) is 5.92 Å². The van der Waals surface area contributed by atoms with Gasteiger partial charge >= 0.3 is 0 Å². The Bertz CT molecular complexity index is 614. The first-order valence-corrected chi connectivity index (χ1v) is 7.14. The van der Waals surface area contributed by atoms with Crippen LogP contribution in [0.4, 0.5) is 0 Å². The summed E-state index contributed by atoms with van der Waals surface area (Å²) in [7, 11) is 0. The van der Waals surface area contributed by atoms with Gasteiger partial charge in [-0.25, -0.2) is 0 Å². The molecule has 104 valence electrons. The largest absolute Gasteiger partial charge is 0.483 e. The minimum Gasteiger partial charge on any atom is -0.483 e. The van der Waals surface area contributed by atoms with E-state index < -0.39 is 0 Å². The number of hydrogen-bond acceptors (Lipinski definition) is 2. The average molecular weight is 269 g/mol. The molecule has 1 fully saturated rings. The molecule has 0 heterocycles. The molecule has 1 atom stereocenters. The van der Waals surface area contributed by atoms with Crippen molar-refractivity contribution in [1.82, 2.24) is 5.32 Å². The van der Waals surface area contributed by atoms with Crippen LogP contribution >= 0.6 is 0 Å². The number of fused-ring (bicyclic) bond motifs is 1. The topological polar surface area (TPSA) is 38.3 Å². The third-order valence-corrected chi connectivity index (χ3v) is 3.83. The molecular formula is C17H19NO2. The highest BCUT2D eigenvalue weighted by molar-refractivity contribution is 5.88. The van der Waals surface area contributed by atoms with Crippen molar-refractivity contribution in [3.8, 4) is 5.75 Å². The van der Waals surface area contributed by atoms with Gasteiger partial charge in [-0.15, -0.1) is 0 Å². The van der Waals surface area contributed by atoms with Gasteiger partial charge in [0, 0.05) is 11.4 Å². The van der Waals surface area contributed by atoms with Crippen molar-refractivity contribution in [2.24, 2.45) is 5.92 Å². The van der Waals surface area contributed by atoms with Crippen LogP contribution in [-0.2, 0) is 4.79 Å². The summed E-state index contributed by atoms with van der Waals surface area (Å²) in [5, 5.41) is 5.16. The van der Waals surface area contributed by atoms with Crippen LogP contribution in [0.15, 0.2) is 42.5 Å². The van der Waals surface area contributed by atoms with Crippen LogP contribution in [0, 0.1) is 5.92 Å². The third-order valence-electron chi connectivity index (χ3n) is 3.83. The van der Waals surface area contributed by atoms with E-state index in [1.54, 1.807) is 0 Å². The molecule has 0 spiro atoms. The first-order chi connectivity index (χ1) is 9.74. The second kappa shape index (κ2) is 5.53. The summed E-state index contributed by atoms with van der Waals surface area (Å²) < 4.78 is 5.67. The monoisotopic (exact) mass is 269 g/mol. The summed E-state index contributed by atoms with van der Waals surface area (Å²) in [5.41, 5.74) is 0. The van der Waals surface area contributed by atoms with Gasteiger partial charge in [-0.05, 0) is 37.1 Å². The van der Waals surface area contributed by atoms with Gasteiger partial charge in [-0.1, -0.05) is 36.4 Å². The highest BCUT2D eigenvalue weighted by Gasteiger charge is 2.28. The highest BCUT2D eigenvalue weighted by Crippen LogP contribution is 2.32. The van der Waals surface area contributed by atoms with Crippen molar-refractivity contribution in [3.63, 3.8) is 0 Å². The number of amides is 1. The van der Waals surface area contributed by atoms with Crippen molar-refractivity contribution in [1.29, 1.82) is 0 Å². The molecule has 3 rings (SSSR count). The van der Waals surface area contributed by atoms with Gasteiger partial charge in [-0.3, -0.25) is 4.79 Å². The molecule has 1 saturated carbocycles. The number of benzene rings is 2. The van der Waals surface area contributed by atoms with E-state index in [2.05, 4.69) is 12.2 Å². The van der Waals surface area contributed by atoms with Crippen LogP contribution in [0.25, 0.3) is 10.8 Å². The molecule has 0 unspecified atom stereocenters. The zero-order valence-electron chi connectivity index (χ0n) is 11.6. The van der Waals surface area contributed by atoms with Crippen molar-refractivity contribution in [2.45, 2.75) is 25.8 Å². The Labute approximate surface area is 118 Å². The summed E-state index contributed by atoms with van der Waals surface area (Å²) >= 11 is 0. The Morgan fingerprint density at radius 3 is 2.80 bits per heavy atom. The molecule has 1 N–H and O–H groups in total. The highest BCUT2D eigenvalue weighted by atomic mass is 16.5. The lowest BCUT2D eigenvalue weighted by Gasteiger charge is -2.14. The fourth-order valence-electron chi connectivity index (χ4n) is 2.47. The molecular weight excluding hydrogens is 250 g/mol. The SMILES string of the molecule is C[C@@H](NC(=O)COc1cccc2ccccc12)C1CC1. The molecule has 0 saturated heterocycles. The number of carbonyl (C=O) groups excluding carboxylic acids is 1. The van der Waals surface area contributed by atoms with Gasteiger partial charge in [0.1, 0.15) is 5.75 Å². The fourth-order valence-corrected chi connectivity index (χ4v) is 2.47. The van der Waals surface area contributed by atoms with Crippen LogP contribution in [0.3, 0.4) is 0 Å². The summed E-state index contributed by atoms with van der Waals surface area (Å²) in [6.45, 7) is 2.14. The second-order valence-electron chi connectivity index (χ2n) is 5.46. The second-order valence-corrected chi connectivity index (χ2v) is 5.46.